The minimum absolute atomic E-state index is 0.0576. The number of ether oxygens (including phenoxy) is 1. The number of piperidine rings is 1. The Morgan fingerprint density at radius 1 is 1.16 bits per heavy atom. The SMILES string of the molecule is COc1cccc(CNC(=O)C2CCCN(c3ccc(Sc4ccc(C)cc4)nn3)C2)c1. The highest BCUT2D eigenvalue weighted by atomic mass is 32.2. The summed E-state index contributed by atoms with van der Waals surface area (Å²) in [7, 11) is 1.64. The van der Waals surface area contributed by atoms with Gasteiger partial charge in [0.15, 0.2) is 5.82 Å². The molecule has 32 heavy (non-hydrogen) atoms. The molecule has 6 nitrogen and oxygen atoms in total. The van der Waals surface area contributed by atoms with E-state index < -0.39 is 0 Å². The van der Waals surface area contributed by atoms with Crippen LogP contribution in [-0.4, -0.2) is 36.3 Å². The summed E-state index contributed by atoms with van der Waals surface area (Å²) in [6.45, 7) is 4.12. The van der Waals surface area contributed by atoms with Gasteiger partial charge in [-0.3, -0.25) is 4.79 Å². The normalized spacial score (nSPS) is 15.9. The summed E-state index contributed by atoms with van der Waals surface area (Å²) in [5.74, 6) is 1.64. The van der Waals surface area contributed by atoms with Crippen molar-refractivity contribution in [2.45, 2.75) is 36.2 Å². The molecule has 1 atom stereocenters. The predicted octanol–water partition coefficient (Wildman–Crippen LogP) is 4.48. The van der Waals surface area contributed by atoms with Crippen LogP contribution in [0.15, 0.2) is 70.6 Å². The molecule has 1 N–H and O–H groups in total. The van der Waals surface area contributed by atoms with E-state index in [0.29, 0.717) is 13.1 Å². The van der Waals surface area contributed by atoms with Crippen LogP contribution >= 0.6 is 11.8 Å². The van der Waals surface area contributed by atoms with Crippen LogP contribution in [0, 0.1) is 12.8 Å². The maximum Gasteiger partial charge on any atom is 0.225 e. The van der Waals surface area contributed by atoms with Crippen molar-refractivity contribution >= 4 is 23.5 Å². The van der Waals surface area contributed by atoms with Crippen molar-refractivity contribution < 1.29 is 9.53 Å². The zero-order valence-corrected chi connectivity index (χ0v) is 19.3. The van der Waals surface area contributed by atoms with Crippen LogP contribution < -0.4 is 15.0 Å². The fourth-order valence-corrected chi connectivity index (χ4v) is 4.51. The lowest BCUT2D eigenvalue weighted by atomic mass is 9.97. The maximum absolute atomic E-state index is 12.8. The van der Waals surface area contributed by atoms with Crippen LogP contribution in [0.25, 0.3) is 0 Å². The number of methoxy groups -OCH3 is 1. The largest absolute Gasteiger partial charge is 0.497 e. The lowest BCUT2D eigenvalue weighted by Crippen LogP contribution is -2.43. The van der Waals surface area contributed by atoms with Gasteiger partial charge in [-0.2, -0.15) is 0 Å². The first kappa shape index (κ1) is 22.1. The molecule has 1 saturated heterocycles. The fourth-order valence-electron chi connectivity index (χ4n) is 3.78. The van der Waals surface area contributed by atoms with Crippen molar-refractivity contribution in [3.05, 3.63) is 71.8 Å². The zero-order valence-electron chi connectivity index (χ0n) is 18.5. The second-order valence-corrected chi connectivity index (χ2v) is 9.09. The highest BCUT2D eigenvalue weighted by Crippen LogP contribution is 2.27. The van der Waals surface area contributed by atoms with Gasteiger partial charge < -0.3 is 15.0 Å². The molecule has 166 valence electrons. The van der Waals surface area contributed by atoms with Gasteiger partial charge >= 0.3 is 0 Å². The van der Waals surface area contributed by atoms with Crippen LogP contribution in [0.2, 0.25) is 0 Å². The van der Waals surface area contributed by atoms with Gasteiger partial charge in [-0.25, -0.2) is 0 Å². The molecule has 1 unspecified atom stereocenters. The number of carbonyl (C=O) groups is 1. The molecule has 1 amide bonds. The average molecular weight is 449 g/mol. The van der Waals surface area contributed by atoms with E-state index in [4.69, 9.17) is 4.74 Å². The van der Waals surface area contributed by atoms with Crippen molar-refractivity contribution in [2.75, 3.05) is 25.1 Å². The van der Waals surface area contributed by atoms with Crippen LogP contribution in [0.5, 0.6) is 5.75 Å². The first-order chi connectivity index (χ1) is 15.6. The van der Waals surface area contributed by atoms with Crippen LogP contribution in [0.3, 0.4) is 0 Å². The van der Waals surface area contributed by atoms with Crippen molar-refractivity contribution in [3.8, 4) is 5.75 Å². The molecule has 2 heterocycles. The molecule has 0 radical (unpaired) electrons. The summed E-state index contributed by atoms with van der Waals surface area (Å²) in [4.78, 5) is 16.1. The van der Waals surface area contributed by atoms with Crippen LogP contribution in [0.4, 0.5) is 5.82 Å². The molecule has 1 aliphatic rings. The molecule has 3 aromatic rings. The van der Waals surface area contributed by atoms with E-state index >= 15 is 0 Å². The fraction of sp³-hybridized carbons (Fsp3) is 0.320. The summed E-state index contributed by atoms with van der Waals surface area (Å²) >= 11 is 1.60. The lowest BCUT2D eigenvalue weighted by Gasteiger charge is -2.32. The van der Waals surface area contributed by atoms with Crippen molar-refractivity contribution in [3.63, 3.8) is 0 Å². The summed E-state index contributed by atoms with van der Waals surface area (Å²) in [6.07, 6.45) is 1.84. The van der Waals surface area contributed by atoms with Gasteiger partial charge in [0, 0.05) is 24.5 Å². The number of aromatic nitrogens is 2. The number of aryl methyl sites for hydroxylation is 1. The average Bonchev–Trinajstić information content (AvgIpc) is 2.84. The Hall–Kier alpha value is -3.06. The zero-order chi connectivity index (χ0) is 22.3. The quantitative estimate of drug-likeness (QED) is 0.575. The highest BCUT2D eigenvalue weighted by molar-refractivity contribution is 7.99. The third-order valence-electron chi connectivity index (χ3n) is 5.59. The Bertz CT molecular complexity index is 1040. The third kappa shape index (κ3) is 5.79. The monoisotopic (exact) mass is 448 g/mol. The molecule has 0 bridgehead atoms. The number of amides is 1. The number of rotatable bonds is 7. The Morgan fingerprint density at radius 2 is 2.00 bits per heavy atom. The first-order valence-corrected chi connectivity index (χ1v) is 11.7. The highest BCUT2D eigenvalue weighted by Gasteiger charge is 2.26. The molecule has 4 rings (SSSR count). The van der Waals surface area contributed by atoms with E-state index in [0.717, 1.165) is 46.4 Å². The van der Waals surface area contributed by atoms with Crippen LogP contribution in [0.1, 0.15) is 24.0 Å². The van der Waals surface area contributed by atoms with Gasteiger partial charge in [0.25, 0.3) is 0 Å². The topological polar surface area (TPSA) is 67.3 Å². The smallest absolute Gasteiger partial charge is 0.225 e. The number of nitrogens with zero attached hydrogens (tertiary/aromatic N) is 3. The third-order valence-corrected chi connectivity index (χ3v) is 6.52. The maximum atomic E-state index is 12.8. The second kappa shape index (κ2) is 10.5. The van der Waals surface area contributed by atoms with Gasteiger partial charge in [-0.15, -0.1) is 10.2 Å². The van der Waals surface area contributed by atoms with Gasteiger partial charge in [0.1, 0.15) is 10.8 Å². The van der Waals surface area contributed by atoms with E-state index in [1.807, 2.05) is 36.4 Å². The van der Waals surface area contributed by atoms with E-state index in [-0.39, 0.29) is 11.8 Å². The molecular weight excluding hydrogens is 420 g/mol. The number of benzene rings is 2. The van der Waals surface area contributed by atoms with Gasteiger partial charge in [-0.05, 0) is 61.7 Å². The number of hydrogen-bond acceptors (Lipinski definition) is 6. The Labute approximate surface area is 193 Å². The Balaban J connectivity index is 1.32. The molecule has 0 saturated carbocycles. The first-order valence-electron chi connectivity index (χ1n) is 10.8. The van der Waals surface area contributed by atoms with Crippen molar-refractivity contribution in [1.82, 2.24) is 15.5 Å². The molecule has 2 aromatic carbocycles. The Kier molecular flexibility index (Phi) is 7.27. The minimum Gasteiger partial charge on any atom is -0.497 e. The van der Waals surface area contributed by atoms with Crippen molar-refractivity contribution in [2.24, 2.45) is 5.92 Å². The molecule has 1 fully saturated rings. The van der Waals surface area contributed by atoms with E-state index in [1.165, 1.54) is 5.56 Å². The summed E-state index contributed by atoms with van der Waals surface area (Å²) in [5.41, 5.74) is 2.26. The molecule has 0 spiro atoms. The number of hydrogen-bond donors (Lipinski definition) is 1. The van der Waals surface area contributed by atoms with Gasteiger partial charge in [-0.1, -0.05) is 41.6 Å². The summed E-state index contributed by atoms with van der Waals surface area (Å²) in [5, 5.41) is 12.8. The second-order valence-electron chi connectivity index (χ2n) is 8.00. The molecule has 1 aliphatic heterocycles. The predicted molar refractivity (Wildman–Crippen MR) is 127 cm³/mol. The van der Waals surface area contributed by atoms with Crippen molar-refractivity contribution in [1.29, 1.82) is 0 Å². The minimum atomic E-state index is -0.0576. The molecular formula is C25H28N4O2S. The molecule has 7 heteroatoms. The summed E-state index contributed by atoms with van der Waals surface area (Å²) < 4.78 is 5.25. The number of nitrogens with one attached hydrogen (secondary N) is 1. The van der Waals surface area contributed by atoms with E-state index in [1.54, 1.807) is 18.9 Å². The summed E-state index contributed by atoms with van der Waals surface area (Å²) in [6, 6.07) is 20.1. The lowest BCUT2D eigenvalue weighted by molar-refractivity contribution is -0.125. The Morgan fingerprint density at radius 3 is 2.75 bits per heavy atom. The van der Waals surface area contributed by atoms with Gasteiger partial charge in [0.05, 0.1) is 13.0 Å². The van der Waals surface area contributed by atoms with Crippen LogP contribution in [-0.2, 0) is 11.3 Å². The van der Waals surface area contributed by atoms with Gasteiger partial charge in [0.2, 0.25) is 5.91 Å². The van der Waals surface area contributed by atoms with E-state index in [9.17, 15) is 4.79 Å². The molecule has 1 aromatic heterocycles. The standard InChI is InChI=1S/C25H28N4O2S/c1-18-8-10-22(11-9-18)32-24-13-12-23(27-28-24)29-14-4-6-20(17-29)25(30)26-16-19-5-3-7-21(15-19)31-2/h3,5,7-13,15,20H,4,6,14,16-17H2,1-2H3,(H,26,30). The number of anilines is 1. The van der Waals surface area contributed by atoms with E-state index in [2.05, 4.69) is 51.6 Å². The number of carbonyl (C=O) groups excluding carboxylic acids is 1. The molecule has 0 aliphatic carbocycles.